The van der Waals surface area contributed by atoms with Gasteiger partial charge in [0.05, 0.1) is 37.7 Å². The van der Waals surface area contributed by atoms with E-state index in [-0.39, 0.29) is 24.4 Å². The summed E-state index contributed by atoms with van der Waals surface area (Å²) in [4.78, 5) is 16.4. The molecule has 1 aromatic heterocycles. The molecular weight excluding hydrogens is 475 g/mol. The molecule has 0 unspecified atom stereocenters. The second-order valence-corrected chi connectivity index (χ2v) is 11.0. The number of aromatic nitrogens is 2. The topological polar surface area (TPSA) is 85.8 Å². The standard InChI is InChI=1S/C25H42F3N5O3/c1-23(2,25(26,27)28)22(34)32-12-13-33-20(15-32)21(19(30-33)14-31(3)11-10-29)18-6-8-24(9-7-18,16-35-4)17-36-5/h18H,6-17,29H2,1-5H3. The summed E-state index contributed by atoms with van der Waals surface area (Å²) in [6.07, 6.45) is -0.963. The van der Waals surface area contributed by atoms with Crippen LogP contribution in [0.4, 0.5) is 13.2 Å². The molecule has 0 bridgehead atoms. The summed E-state index contributed by atoms with van der Waals surface area (Å²) in [7, 11) is 5.40. The number of alkyl halides is 3. The number of nitrogens with zero attached hydrogens (tertiary/aromatic N) is 4. The van der Waals surface area contributed by atoms with Crippen LogP contribution in [0.3, 0.4) is 0 Å². The molecule has 1 aliphatic carbocycles. The molecule has 2 aliphatic rings. The second kappa shape index (κ2) is 11.4. The summed E-state index contributed by atoms with van der Waals surface area (Å²) in [5, 5.41) is 4.89. The van der Waals surface area contributed by atoms with Crippen molar-refractivity contribution in [2.24, 2.45) is 16.6 Å². The fourth-order valence-corrected chi connectivity index (χ4v) is 5.69. The first-order chi connectivity index (χ1) is 16.9. The molecule has 1 aliphatic heterocycles. The summed E-state index contributed by atoms with van der Waals surface area (Å²) >= 11 is 0. The SMILES string of the molecule is COCC1(COC)CCC(c2c(CN(C)CCN)nn3c2CN(C(=O)C(C)(C)C(F)(F)F)CC3)CC1. The molecule has 8 nitrogen and oxygen atoms in total. The maximum atomic E-state index is 13.6. The molecule has 0 atom stereocenters. The van der Waals surface area contributed by atoms with E-state index >= 15 is 0 Å². The lowest BCUT2D eigenvalue weighted by atomic mass is 9.69. The Hall–Kier alpha value is -1.69. The minimum absolute atomic E-state index is 0.0392. The molecule has 1 amide bonds. The summed E-state index contributed by atoms with van der Waals surface area (Å²) in [6, 6.07) is 0. The van der Waals surface area contributed by atoms with Crippen molar-refractivity contribution in [1.29, 1.82) is 0 Å². The van der Waals surface area contributed by atoms with Gasteiger partial charge in [-0.2, -0.15) is 18.3 Å². The molecule has 1 saturated carbocycles. The van der Waals surface area contributed by atoms with Gasteiger partial charge in [0.25, 0.3) is 0 Å². The number of methoxy groups -OCH3 is 2. The van der Waals surface area contributed by atoms with E-state index in [0.29, 0.717) is 39.4 Å². The predicted octanol–water partition coefficient (Wildman–Crippen LogP) is 3.14. The Balaban J connectivity index is 1.91. The Bertz CT molecular complexity index is 886. The fourth-order valence-electron chi connectivity index (χ4n) is 5.69. The Kier molecular flexibility index (Phi) is 9.12. The molecule has 2 N–H and O–H groups in total. The number of halogens is 3. The van der Waals surface area contributed by atoms with Crippen LogP contribution in [0.25, 0.3) is 0 Å². The van der Waals surface area contributed by atoms with Crippen LogP contribution >= 0.6 is 0 Å². The van der Waals surface area contributed by atoms with Crippen molar-refractivity contribution in [1.82, 2.24) is 19.6 Å². The van der Waals surface area contributed by atoms with Crippen molar-refractivity contribution in [2.45, 2.75) is 71.3 Å². The molecule has 36 heavy (non-hydrogen) atoms. The fraction of sp³-hybridized carbons (Fsp3) is 0.840. The van der Waals surface area contributed by atoms with E-state index in [1.165, 1.54) is 4.90 Å². The van der Waals surface area contributed by atoms with Gasteiger partial charge in [-0.3, -0.25) is 14.4 Å². The van der Waals surface area contributed by atoms with E-state index in [1.807, 2.05) is 11.7 Å². The lowest BCUT2D eigenvalue weighted by Gasteiger charge is -2.40. The highest BCUT2D eigenvalue weighted by molar-refractivity contribution is 5.83. The van der Waals surface area contributed by atoms with Crippen molar-refractivity contribution < 1.29 is 27.4 Å². The van der Waals surface area contributed by atoms with Crippen molar-refractivity contribution in [2.75, 3.05) is 54.1 Å². The Labute approximate surface area is 212 Å². The number of carbonyl (C=O) groups excluding carboxylic acids is 1. The normalized spacial score (nSPS) is 19.1. The van der Waals surface area contributed by atoms with Gasteiger partial charge in [0, 0.05) is 51.4 Å². The third-order valence-corrected chi connectivity index (χ3v) is 7.91. The molecule has 1 fully saturated rings. The van der Waals surface area contributed by atoms with E-state index in [0.717, 1.165) is 56.5 Å². The third-order valence-electron chi connectivity index (χ3n) is 7.91. The third kappa shape index (κ3) is 5.89. The molecule has 206 valence electrons. The highest BCUT2D eigenvalue weighted by Crippen LogP contribution is 2.46. The highest BCUT2D eigenvalue weighted by Gasteiger charge is 2.54. The van der Waals surface area contributed by atoms with Gasteiger partial charge in [-0.15, -0.1) is 0 Å². The number of ether oxygens (including phenoxy) is 2. The van der Waals surface area contributed by atoms with Gasteiger partial charge < -0.3 is 20.1 Å². The van der Waals surface area contributed by atoms with Crippen molar-refractivity contribution in [3.8, 4) is 0 Å². The smallest absolute Gasteiger partial charge is 0.384 e. The van der Waals surface area contributed by atoms with Gasteiger partial charge in [-0.25, -0.2) is 0 Å². The second-order valence-electron chi connectivity index (χ2n) is 11.0. The summed E-state index contributed by atoms with van der Waals surface area (Å²) in [5.41, 5.74) is 6.15. The number of likely N-dealkylation sites (N-methyl/N-ethyl adjacent to an activating group) is 1. The molecule has 3 rings (SSSR count). The number of amides is 1. The van der Waals surface area contributed by atoms with Crippen LogP contribution in [-0.4, -0.2) is 85.8 Å². The van der Waals surface area contributed by atoms with Crippen LogP contribution in [0.5, 0.6) is 0 Å². The Morgan fingerprint density at radius 1 is 1.17 bits per heavy atom. The quantitative estimate of drug-likeness (QED) is 0.513. The number of hydrogen-bond donors (Lipinski definition) is 1. The predicted molar refractivity (Wildman–Crippen MR) is 130 cm³/mol. The van der Waals surface area contributed by atoms with E-state index < -0.39 is 17.5 Å². The summed E-state index contributed by atoms with van der Waals surface area (Å²) in [5.74, 6) is -0.680. The van der Waals surface area contributed by atoms with Crippen LogP contribution < -0.4 is 5.73 Å². The van der Waals surface area contributed by atoms with E-state index in [4.69, 9.17) is 20.3 Å². The number of nitrogens with two attached hydrogens (primary N) is 1. The lowest BCUT2D eigenvalue weighted by molar-refractivity contribution is -0.218. The monoisotopic (exact) mass is 517 g/mol. The van der Waals surface area contributed by atoms with Crippen LogP contribution in [0.1, 0.15) is 62.4 Å². The van der Waals surface area contributed by atoms with E-state index in [1.54, 1.807) is 14.2 Å². The van der Waals surface area contributed by atoms with Crippen LogP contribution in [0, 0.1) is 10.8 Å². The van der Waals surface area contributed by atoms with Crippen LogP contribution in [-0.2, 0) is 33.9 Å². The number of rotatable bonds is 10. The molecule has 11 heteroatoms. The summed E-state index contributed by atoms with van der Waals surface area (Å²) < 4.78 is 53.8. The molecule has 0 saturated heterocycles. The maximum absolute atomic E-state index is 13.6. The summed E-state index contributed by atoms with van der Waals surface area (Å²) in [6.45, 7) is 5.73. The number of fused-ring (bicyclic) bond motifs is 1. The highest BCUT2D eigenvalue weighted by atomic mass is 19.4. The first-order valence-corrected chi connectivity index (χ1v) is 12.7. The zero-order valence-electron chi connectivity index (χ0n) is 22.3. The van der Waals surface area contributed by atoms with E-state index in [2.05, 4.69) is 4.90 Å². The first kappa shape index (κ1) is 28.9. The lowest BCUT2D eigenvalue weighted by Crippen LogP contribution is -2.50. The minimum Gasteiger partial charge on any atom is -0.384 e. The molecular formula is C25H42F3N5O3. The van der Waals surface area contributed by atoms with Gasteiger partial charge in [-0.05, 0) is 52.5 Å². The van der Waals surface area contributed by atoms with Gasteiger partial charge in [-0.1, -0.05) is 0 Å². The average molecular weight is 518 g/mol. The molecule has 0 radical (unpaired) electrons. The zero-order chi connectivity index (χ0) is 26.7. The van der Waals surface area contributed by atoms with E-state index in [9.17, 15) is 18.0 Å². The van der Waals surface area contributed by atoms with Gasteiger partial charge in [0.2, 0.25) is 5.91 Å². The molecule has 2 heterocycles. The average Bonchev–Trinajstić information content (AvgIpc) is 3.15. The maximum Gasteiger partial charge on any atom is 0.402 e. The van der Waals surface area contributed by atoms with Crippen molar-refractivity contribution in [3.63, 3.8) is 0 Å². The first-order valence-electron chi connectivity index (χ1n) is 12.7. The molecule has 0 spiro atoms. The van der Waals surface area contributed by atoms with Crippen LogP contribution in [0.2, 0.25) is 0 Å². The van der Waals surface area contributed by atoms with Crippen molar-refractivity contribution in [3.05, 3.63) is 17.0 Å². The van der Waals surface area contributed by atoms with Crippen LogP contribution in [0.15, 0.2) is 0 Å². The largest absolute Gasteiger partial charge is 0.402 e. The van der Waals surface area contributed by atoms with Gasteiger partial charge in [0.15, 0.2) is 0 Å². The Morgan fingerprint density at radius 2 is 1.78 bits per heavy atom. The Morgan fingerprint density at radius 3 is 2.31 bits per heavy atom. The zero-order valence-corrected chi connectivity index (χ0v) is 22.3. The van der Waals surface area contributed by atoms with Gasteiger partial charge in [0.1, 0.15) is 5.41 Å². The molecule has 0 aromatic carbocycles. The molecule has 1 aromatic rings. The van der Waals surface area contributed by atoms with Crippen molar-refractivity contribution >= 4 is 5.91 Å². The minimum atomic E-state index is -4.61. The number of carbonyl (C=O) groups is 1. The number of hydrogen-bond acceptors (Lipinski definition) is 6. The van der Waals surface area contributed by atoms with Gasteiger partial charge >= 0.3 is 6.18 Å².